The topological polar surface area (TPSA) is 54.1 Å². The first-order valence-corrected chi connectivity index (χ1v) is 9.93. The molecule has 0 saturated carbocycles. The van der Waals surface area contributed by atoms with Gasteiger partial charge in [0.15, 0.2) is 0 Å². The number of aromatic nitrogens is 1. The zero-order valence-corrected chi connectivity index (χ0v) is 16.4. The summed E-state index contributed by atoms with van der Waals surface area (Å²) in [6.07, 6.45) is 1.03. The predicted molar refractivity (Wildman–Crippen MR) is 114 cm³/mol. The van der Waals surface area contributed by atoms with E-state index in [0.29, 0.717) is 6.04 Å². The first-order chi connectivity index (χ1) is 13.2. The third kappa shape index (κ3) is 2.93. The second kappa shape index (κ2) is 7.18. The van der Waals surface area contributed by atoms with Crippen LogP contribution in [0.1, 0.15) is 24.9 Å². The van der Waals surface area contributed by atoms with Crippen LogP contribution in [0, 0.1) is 0 Å². The third-order valence-electron chi connectivity index (χ3n) is 5.13. The highest BCUT2D eigenvalue weighted by Crippen LogP contribution is 2.40. The van der Waals surface area contributed by atoms with E-state index in [9.17, 15) is 4.79 Å². The van der Waals surface area contributed by atoms with Gasteiger partial charge in [0.1, 0.15) is 10.4 Å². The molecule has 0 aliphatic rings. The van der Waals surface area contributed by atoms with Crippen molar-refractivity contribution in [3.8, 4) is 16.9 Å². The van der Waals surface area contributed by atoms with Gasteiger partial charge in [-0.25, -0.2) is 0 Å². The van der Waals surface area contributed by atoms with Gasteiger partial charge < -0.3 is 15.0 Å². The fourth-order valence-corrected chi connectivity index (χ4v) is 4.57. The number of fused-ring (bicyclic) bond motifs is 3. The van der Waals surface area contributed by atoms with Crippen molar-refractivity contribution < 1.29 is 4.74 Å². The molecule has 4 rings (SSSR count). The van der Waals surface area contributed by atoms with Crippen LogP contribution in [0.15, 0.2) is 52.6 Å². The maximum Gasteiger partial charge on any atom is 0.266 e. The highest BCUT2D eigenvalue weighted by Gasteiger charge is 2.16. The molecule has 0 fully saturated rings. The predicted octanol–water partition coefficient (Wildman–Crippen LogP) is 5.09. The molecule has 0 aliphatic heterocycles. The number of pyridine rings is 1. The molecular formula is C22H22N2O2S. The van der Waals surface area contributed by atoms with Crippen molar-refractivity contribution in [3.63, 3.8) is 0 Å². The van der Waals surface area contributed by atoms with Gasteiger partial charge in [-0.1, -0.05) is 31.2 Å². The minimum absolute atomic E-state index is 0.0428. The van der Waals surface area contributed by atoms with Gasteiger partial charge in [0, 0.05) is 27.9 Å². The summed E-state index contributed by atoms with van der Waals surface area (Å²) in [5, 5.41) is 7.30. The first kappa shape index (κ1) is 17.8. The van der Waals surface area contributed by atoms with E-state index in [2.05, 4.69) is 41.5 Å². The average molecular weight is 378 g/mol. The first-order valence-electron chi connectivity index (χ1n) is 9.05. The van der Waals surface area contributed by atoms with Crippen LogP contribution in [0.3, 0.4) is 0 Å². The number of hydrogen-bond acceptors (Lipinski definition) is 4. The fourth-order valence-electron chi connectivity index (χ4n) is 3.77. The smallest absolute Gasteiger partial charge is 0.266 e. The molecule has 4 nitrogen and oxygen atoms in total. The summed E-state index contributed by atoms with van der Waals surface area (Å²) in [7, 11) is 3.67. The second-order valence-electron chi connectivity index (χ2n) is 6.55. The molecule has 0 aliphatic carbocycles. The molecule has 138 valence electrons. The standard InChI is InChI=1S/C22H22N2O2S/c1-4-16(23-2)13-5-7-14(8-6-13)19-18(26-3)10-9-17-20(19)15-11-12-27-21(15)22(25)24-17/h5-12,16,23H,4H2,1-3H3,(H,24,25)/t16-/m0/s1. The number of H-pyrrole nitrogens is 1. The summed E-state index contributed by atoms with van der Waals surface area (Å²) >= 11 is 1.47. The summed E-state index contributed by atoms with van der Waals surface area (Å²) < 4.78 is 6.43. The molecule has 4 aromatic rings. The van der Waals surface area contributed by atoms with E-state index < -0.39 is 0 Å². The lowest BCUT2D eigenvalue weighted by molar-refractivity contribution is 0.417. The Morgan fingerprint density at radius 3 is 2.59 bits per heavy atom. The van der Waals surface area contributed by atoms with Gasteiger partial charge in [-0.05, 0) is 48.2 Å². The van der Waals surface area contributed by atoms with Crippen LogP contribution in [0.5, 0.6) is 5.75 Å². The summed E-state index contributed by atoms with van der Waals surface area (Å²) in [5.74, 6) is 0.801. The number of ether oxygens (including phenoxy) is 1. The lowest BCUT2D eigenvalue weighted by Crippen LogP contribution is -2.14. The minimum atomic E-state index is -0.0428. The molecule has 0 radical (unpaired) electrons. The maximum absolute atomic E-state index is 12.4. The van der Waals surface area contributed by atoms with E-state index in [1.807, 2.05) is 30.6 Å². The quantitative estimate of drug-likeness (QED) is 0.509. The number of rotatable bonds is 5. The normalized spacial score (nSPS) is 12.6. The Kier molecular flexibility index (Phi) is 4.72. The van der Waals surface area contributed by atoms with Crippen molar-refractivity contribution in [2.24, 2.45) is 0 Å². The average Bonchev–Trinajstić information content (AvgIpc) is 3.19. The minimum Gasteiger partial charge on any atom is -0.496 e. The molecule has 2 aromatic heterocycles. The molecule has 0 bridgehead atoms. The molecule has 0 unspecified atom stereocenters. The van der Waals surface area contributed by atoms with E-state index >= 15 is 0 Å². The SMILES string of the molecule is CC[C@H](NC)c1ccc(-c2c(OC)ccc3[nH]c(=O)c4sccc4c23)cc1. The van der Waals surface area contributed by atoms with Crippen molar-refractivity contribution in [2.75, 3.05) is 14.2 Å². The lowest BCUT2D eigenvalue weighted by atomic mass is 9.95. The van der Waals surface area contributed by atoms with Gasteiger partial charge in [0.25, 0.3) is 5.56 Å². The van der Waals surface area contributed by atoms with Crippen LogP contribution in [0.2, 0.25) is 0 Å². The van der Waals surface area contributed by atoms with Crippen LogP contribution in [-0.2, 0) is 0 Å². The Bertz CT molecular complexity index is 1150. The molecule has 0 amide bonds. The molecule has 27 heavy (non-hydrogen) atoms. The molecule has 1 atom stereocenters. The van der Waals surface area contributed by atoms with Crippen molar-refractivity contribution in [3.05, 3.63) is 63.8 Å². The van der Waals surface area contributed by atoms with E-state index in [1.54, 1.807) is 7.11 Å². The van der Waals surface area contributed by atoms with Gasteiger partial charge >= 0.3 is 0 Å². The van der Waals surface area contributed by atoms with Gasteiger partial charge in [-0.15, -0.1) is 11.3 Å². The molecule has 2 aromatic carbocycles. The highest BCUT2D eigenvalue weighted by molar-refractivity contribution is 7.17. The number of hydrogen-bond donors (Lipinski definition) is 2. The Morgan fingerprint density at radius 2 is 1.93 bits per heavy atom. The largest absolute Gasteiger partial charge is 0.496 e. The zero-order chi connectivity index (χ0) is 19.0. The summed E-state index contributed by atoms with van der Waals surface area (Å²) in [6.45, 7) is 2.17. The Morgan fingerprint density at radius 1 is 1.15 bits per heavy atom. The van der Waals surface area contributed by atoms with Crippen LogP contribution in [0.25, 0.3) is 32.1 Å². The van der Waals surface area contributed by atoms with Crippen LogP contribution in [0.4, 0.5) is 0 Å². The van der Waals surface area contributed by atoms with Gasteiger partial charge in [-0.3, -0.25) is 4.79 Å². The number of benzene rings is 2. The van der Waals surface area contributed by atoms with Crippen molar-refractivity contribution in [1.82, 2.24) is 10.3 Å². The maximum atomic E-state index is 12.4. The highest BCUT2D eigenvalue weighted by atomic mass is 32.1. The number of aromatic amines is 1. The molecule has 0 saturated heterocycles. The van der Waals surface area contributed by atoms with E-state index in [-0.39, 0.29) is 5.56 Å². The van der Waals surface area contributed by atoms with E-state index in [1.165, 1.54) is 16.9 Å². The Balaban J connectivity index is 2.00. The van der Waals surface area contributed by atoms with Crippen LogP contribution >= 0.6 is 11.3 Å². The number of nitrogens with one attached hydrogen (secondary N) is 2. The molecule has 2 N–H and O–H groups in total. The Hall–Kier alpha value is -2.63. The van der Waals surface area contributed by atoms with Crippen molar-refractivity contribution >= 4 is 32.3 Å². The fraction of sp³-hybridized carbons (Fsp3) is 0.227. The molecule has 5 heteroatoms. The molecule has 0 spiro atoms. The summed E-state index contributed by atoms with van der Waals surface area (Å²) in [6, 6.07) is 14.8. The Labute approximate surface area is 161 Å². The van der Waals surface area contributed by atoms with Crippen LogP contribution < -0.4 is 15.6 Å². The third-order valence-corrected chi connectivity index (χ3v) is 6.05. The summed E-state index contributed by atoms with van der Waals surface area (Å²) in [4.78, 5) is 15.4. The zero-order valence-electron chi connectivity index (χ0n) is 15.6. The van der Waals surface area contributed by atoms with E-state index in [0.717, 1.165) is 44.3 Å². The monoisotopic (exact) mass is 378 g/mol. The van der Waals surface area contributed by atoms with Crippen molar-refractivity contribution in [2.45, 2.75) is 19.4 Å². The van der Waals surface area contributed by atoms with Gasteiger partial charge in [0.2, 0.25) is 0 Å². The van der Waals surface area contributed by atoms with Crippen LogP contribution in [-0.4, -0.2) is 19.1 Å². The number of thiophene rings is 1. The lowest BCUT2D eigenvalue weighted by Gasteiger charge is -2.16. The van der Waals surface area contributed by atoms with E-state index in [4.69, 9.17) is 4.74 Å². The number of methoxy groups -OCH3 is 1. The van der Waals surface area contributed by atoms with Crippen molar-refractivity contribution in [1.29, 1.82) is 0 Å². The second-order valence-corrected chi connectivity index (χ2v) is 7.47. The summed E-state index contributed by atoms with van der Waals surface area (Å²) in [5.41, 5.74) is 4.13. The molecule has 2 heterocycles. The van der Waals surface area contributed by atoms with Gasteiger partial charge in [-0.2, -0.15) is 0 Å². The van der Waals surface area contributed by atoms with Gasteiger partial charge in [0.05, 0.1) is 7.11 Å². The molecular weight excluding hydrogens is 356 g/mol.